The number of alkyl halides is 3. The summed E-state index contributed by atoms with van der Waals surface area (Å²) < 4.78 is 65.7. The number of thiophene rings is 1. The molecule has 1 aromatic carbocycles. The number of sulfonamides is 1. The SMILES string of the molecule is CN(C1CC1)S(=O)(=O)c1cc(C(N)=O)c(NC(=O)c2ccccc2C(F)(F)F)s1. The van der Waals surface area contributed by atoms with E-state index in [1.54, 1.807) is 0 Å². The van der Waals surface area contributed by atoms with E-state index in [9.17, 15) is 31.2 Å². The maximum Gasteiger partial charge on any atom is 0.417 e. The smallest absolute Gasteiger partial charge is 0.366 e. The molecular formula is C17H16F3N3O4S2. The van der Waals surface area contributed by atoms with Crippen molar-refractivity contribution in [2.75, 3.05) is 12.4 Å². The third kappa shape index (κ3) is 4.28. The van der Waals surface area contributed by atoms with Gasteiger partial charge in [-0.2, -0.15) is 17.5 Å². The number of rotatable bonds is 6. The third-order valence-electron chi connectivity index (χ3n) is 4.37. The van der Waals surface area contributed by atoms with Crippen molar-refractivity contribution in [2.24, 2.45) is 5.73 Å². The number of hydrogen-bond donors (Lipinski definition) is 2. The molecule has 0 spiro atoms. The van der Waals surface area contributed by atoms with Gasteiger partial charge in [-0.25, -0.2) is 8.42 Å². The lowest BCUT2D eigenvalue weighted by molar-refractivity contribution is -0.137. The first kappa shape index (κ1) is 21.3. The van der Waals surface area contributed by atoms with Crippen LogP contribution in [0.3, 0.4) is 0 Å². The Bertz CT molecular complexity index is 1080. The summed E-state index contributed by atoms with van der Waals surface area (Å²) in [5.41, 5.74) is 3.15. The van der Waals surface area contributed by atoms with Gasteiger partial charge < -0.3 is 11.1 Å². The molecule has 0 aliphatic heterocycles. The number of nitrogens with one attached hydrogen (secondary N) is 1. The largest absolute Gasteiger partial charge is 0.417 e. The summed E-state index contributed by atoms with van der Waals surface area (Å²) in [5, 5.41) is 1.96. The molecule has 3 rings (SSSR count). The third-order valence-corrected chi connectivity index (χ3v) is 7.78. The topological polar surface area (TPSA) is 110 Å². The Hall–Kier alpha value is -2.44. The first-order chi connectivity index (χ1) is 13.4. The van der Waals surface area contributed by atoms with Crippen molar-refractivity contribution in [3.63, 3.8) is 0 Å². The second-order valence-corrected chi connectivity index (χ2v) is 9.70. The molecule has 0 radical (unpaired) electrons. The molecule has 1 heterocycles. The Morgan fingerprint density at radius 3 is 2.38 bits per heavy atom. The Labute approximate surface area is 168 Å². The van der Waals surface area contributed by atoms with Crippen LogP contribution in [-0.2, 0) is 16.2 Å². The van der Waals surface area contributed by atoms with Gasteiger partial charge >= 0.3 is 6.18 Å². The molecule has 3 N–H and O–H groups in total. The quantitative estimate of drug-likeness (QED) is 0.710. The number of hydrogen-bond acceptors (Lipinski definition) is 5. The number of benzene rings is 1. The van der Waals surface area contributed by atoms with Gasteiger partial charge in [0.1, 0.15) is 9.21 Å². The molecule has 2 amide bonds. The Morgan fingerprint density at radius 1 is 1.21 bits per heavy atom. The Kier molecular flexibility index (Phi) is 5.45. The number of amides is 2. The second-order valence-electron chi connectivity index (χ2n) is 6.42. The maximum atomic E-state index is 13.1. The van der Waals surface area contributed by atoms with E-state index >= 15 is 0 Å². The van der Waals surface area contributed by atoms with Crippen LogP contribution >= 0.6 is 11.3 Å². The zero-order chi connectivity index (χ0) is 21.6. The van der Waals surface area contributed by atoms with E-state index in [-0.39, 0.29) is 20.8 Å². The number of halogens is 3. The van der Waals surface area contributed by atoms with E-state index in [0.29, 0.717) is 24.2 Å². The molecule has 12 heteroatoms. The number of nitrogens with zero attached hydrogens (tertiary/aromatic N) is 1. The highest BCUT2D eigenvalue weighted by molar-refractivity contribution is 7.91. The van der Waals surface area contributed by atoms with Gasteiger partial charge in [0.2, 0.25) is 0 Å². The minimum absolute atomic E-state index is 0.143. The van der Waals surface area contributed by atoms with Crippen molar-refractivity contribution in [3.05, 3.63) is 47.0 Å². The number of carbonyl (C=O) groups excluding carboxylic acids is 2. The first-order valence-corrected chi connectivity index (χ1v) is 10.6. The first-order valence-electron chi connectivity index (χ1n) is 8.32. The molecule has 0 unspecified atom stereocenters. The molecule has 1 aliphatic rings. The van der Waals surface area contributed by atoms with Crippen LogP contribution in [0.15, 0.2) is 34.5 Å². The van der Waals surface area contributed by atoms with Crippen LogP contribution in [0.4, 0.5) is 18.2 Å². The molecule has 1 fully saturated rings. The molecule has 156 valence electrons. The molecular weight excluding hydrogens is 431 g/mol. The predicted molar refractivity (Wildman–Crippen MR) is 100 cm³/mol. The maximum absolute atomic E-state index is 13.1. The minimum atomic E-state index is -4.77. The molecule has 0 bridgehead atoms. The van der Waals surface area contributed by atoms with Gasteiger partial charge in [0.05, 0.1) is 16.7 Å². The molecule has 7 nitrogen and oxygen atoms in total. The summed E-state index contributed by atoms with van der Waals surface area (Å²) in [6.07, 6.45) is -3.35. The van der Waals surface area contributed by atoms with Gasteiger partial charge in [-0.1, -0.05) is 12.1 Å². The fourth-order valence-corrected chi connectivity index (χ4v) is 5.62. The Morgan fingerprint density at radius 2 is 1.83 bits per heavy atom. The van der Waals surface area contributed by atoms with Crippen molar-refractivity contribution in [2.45, 2.75) is 29.3 Å². The van der Waals surface area contributed by atoms with Crippen LogP contribution in [0.2, 0.25) is 0 Å². The van der Waals surface area contributed by atoms with E-state index < -0.39 is 39.1 Å². The summed E-state index contributed by atoms with van der Waals surface area (Å²) in [5.74, 6) is -2.15. The highest BCUT2D eigenvalue weighted by Crippen LogP contribution is 2.37. The van der Waals surface area contributed by atoms with Gasteiger partial charge in [-0.05, 0) is 31.0 Å². The molecule has 1 aliphatic carbocycles. The lowest BCUT2D eigenvalue weighted by Gasteiger charge is -2.14. The molecule has 0 saturated heterocycles. The summed E-state index contributed by atoms with van der Waals surface area (Å²) in [7, 11) is -2.53. The van der Waals surface area contributed by atoms with Gasteiger partial charge in [-0.15, -0.1) is 11.3 Å². The van der Waals surface area contributed by atoms with Crippen LogP contribution in [0, 0.1) is 0 Å². The van der Waals surface area contributed by atoms with Crippen molar-refractivity contribution >= 4 is 38.2 Å². The van der Waals surface area contributed by atoms with Crippen molar-refractivity contribution in [1.29, 1.82) is 0 Å². The van der Waals surface area contributed by atoms with E-state index in [4.69, 9.17) is 5.73 Å². The normalized spacial score (nSPS) is 14.8. The fourth-order valence-electron chi connectivity index (χ4n) is 2.65. The van der Waals surface area contributed by atoms with Crippen LogP contribution in [0.1, 0.15) is 39.1 Å². The van der Waals surface area contributed by atoms with Gasteiger partial charge in [-0.3, -0.25) is 9.59 Å². The van der Waals surface area contributed by atoms with Crippen molar-refractivity contribution < 1.29 is 31.2 Å². The highest BCUT2D eigenvalue weighted by atomic mass is 32.2. The minimum Gasteiger partial charge on any atom is -0.366 e. The fraction of sp³-hybridized carbons (Fsp3) is 0.294. The van der Waals surface area contributed by atoms with Gasteiger partial charge in [0.15, 0.2) is 0 Å². The van der Waals surface area contributed by atoms with Gasteiger partial charge in [0, 0.05) is 13.1 Å². The number of primary amides is 1. The summed E-state index contributed by atoms with van der Waals surface area (Å²) >= 11 is 0.561. The standard InChI is InChI=1S/C17H16F3N3O4S2/c1-23(9-6-7-9)29(26,27)13-8-11(14(21)24)16(28-13)22-15(25)10-4-2-3-5-12(10)17(18,19)20/h2-5,8-9H,6-7H2,1H3,(H2,21,24)(H,22,25). The van der Waals surface area contributed by atoms with Crippen LogP contribution in [0.25, 0.3) is 0 Å². The van der Waals surface area contributed by atoms with Crippen LogP contribution < -0.4 is 11.1 Å². The number of anilines is 1. The van der Waals surface area contributed by atoms with Crippen molar-refractivity contribution in [1.82, 2.24) is 4.31 Å². The van der Waals surface area contributed by atoms with E-state index in [1.807, 2.05) is 0 Å². The number of nitrogens with two attached hydrogens (primary N) is 1. The monoisotopic (exact) mass is 447 g/mol. The summed E-state index contributed by atoms with van der Waals surface area (Å²) in [4.78, 5) is 24.2. The number of carbonyl (C=O) groups is 2. The lowest BCUT2D eigenvalue weighted by atomic mass is 10.1. The molecule has 2 aromatic rings. The Balaban J connectivity index is 1.97. The summed E-state index contributed by atoms with van der Waals surface area (Å²) in [6, 6.07) is 5.00. The van der Waals surface area contributed by atoms with E-state index in [0.717, 1.165) is 28.6 Å². The second kappa shape index (κ2) is 7.43. The van der Waals surface area contributed by atoms with Crippen molar-refractivity contribution in [3.8, 4) is 0 Å². The van der Waals surface area contributed by atoms with E-state index in [1.165, 1.54) is 13.1 Å². The lowest BCUT2D eigenvalue weighted by Crippen LogP contribution is -2.28. The zero-order valence-electron chi connectivity index (χ0n) is 15.0. The van der Waals surface area contributed by atoms with Crippen LogP contribution in [-0.4, -0.2) is 37.6 Å². The molecule has 29 heavy (non-hydrogen) atoms. The van der Waals surface area contributed by atoms with E-state index in [2.05, 4.69) is 5.32 Å². The average Bonchev–Trinajstić information content (AvgIpc) is 3.39. The van der Waals surface area contributed by atoms with Gasteiger partial charge in [0.25, 0.3) is 21.8 Å². The van der Waals surface area contributed by atoms with Crippen LogP contribution in [0.5, 0.6) is 0 Å². The molecule has 1 saturated carbocycles. The highest BCUT2D eigenvalue weighted by Gasteiger charge is 2.38. The average molecular weight is 447 g/mol. The zero-order valence-corrected chi connectivity index (χ0v) is 16.6. The summed E-state index contributed by atoms with van der Waals surface area (Å²) in [6.45, 7) is 0. The molecule has 1 aromatic heterocycles. The molecule has 0 atom stereocenters. The predicted octanol–water partition coefficient (Wildman–Crippen LogP) is 2.90.